The van der Waals surface area contributed by atoms with Crippen LogP contribution in [-0.2, 0) is 6.54 Å². The van der Waals surface area contributed by atoms with Crippen LogP contribution >= 0.6 is 11.3 Å². The van der Waals surface area contributed by atoms with Crippen molar-refractivity contribution in [1.29, 1.82) is 0 Å². The first-order chi connectivity index (χ1) is 8.97. The first-order valence-corrected chi connectivity index (χ1v) is 6.71. The lowest BCUT2D eigenvalue weighted by molar-refractivity contribution is 0.0782. The molecule has 2 aromatic heterocycles. The van der Waals surface area contributed by atoms with Gasteiger partial charge in [-0.2, -0.15) is 0 Å². The molecule has 0 fully saturated rings. The highest BCUT2D eigenvalue weighted by Crippen LogP contribution is 2.10. The third-order valence-electron chi connectivity index (χ3n) is 2.70. The minimum Gasteiger partial charge on any atom is -0.336 e. The maximum absolute atomic E-state index is 12.2. The summed E-state index contributed by atoms with van der Waals surface area (Å²) in [6, 6.07) is 3.27. The number of carbonyl (C=O) groups excluding carboxylic acids is 1. The third kappa shape index (κ3) is 3.08. The fourth-order valence-electron chi connectivity index (χ4n) is 1.74. The van der Waals surface area contributed by atoms with Crippen LogP contribution in [0.25, 0.3) is 0 Å². The van der Waals surface area contributed by atoms with Gasteiger partial charge in [-0.1, -0.05) is 0 Å². The monoisotopic (exact) mass is 277 g/mol. The van der Waals surface area contributed by atoms with Crippen LogP contribution in [0.4, 0.5) is 0 Å². The molecule has 0 spiro atoms. The number of aromatic nitrogens is 2. The lowest BCUT2D eigenvalue weighted by Gasteiger charge is -2.15. The van der Waals surface area contributed by atoms with E-state index in [4.69, 9.17) is 0 Å². The predicted octanol–water partition coefficient (Wildman–Crippen LogP) is 1.72. The van der Waals surface area contributed by atoms with E-state index in [-0.39, 0.29) is 17.0 Å². The zero-order valence-electron chi connectivity index (χ0n) is 11.1. The van der Waals surface area contributed by atoms with E-state index >= 15 is 0 Å². The second-order valence-electron chi connectivity index (χ2n) is 4.40. The standard InChI is InChI=1S/C13H15N3O2S/c1-8-4-5-11(12(17)14-8)13(18)16(3)6-10-7-19-9(2)15-10/h4-5,7H,6H2,1-3H3,(H,14,17). The number of H-pyrrole nitrogens is 1. The molecule has 0 saturated heterocycles. The average Bonchev–Trinajstić information content (AvgIpc) is 2.74. The first-order valence-electron chi connectivity index (χ1n) is 5.84. The van der Waals surface area contributed by atoms with Crippen LogP contribution in [0.15, 0.2) is 22.3 Å². The van der Waals surface area contributed by atoms with Crippen molar-refractivity contribution in [3.05, 3.63) is 49.8 Å². The number of nitrogens with one attached hydrogen (secondary N) is 1. The van der Waals surface area contributed by atoms with Gasteiger partial charge in [0, 0.05) is 18.1 Å². The molecule has 100 valence electrons. The lowest BCUT2D eigenvalue weighted by Crippen LogP contribution is -2.31. The van der Waals surface area contributed by atoms with Gasteiger partial charge in [0.2, 0.25) is 0 Å². The van der Waals surface area contributed by atoms with Crippen molar-refractivity contribution in [2.75, 3.05) is 7.05 Å². The van der Waals surface area contributed by atoms with Crippen molar-refractivity contribution >= 4 is 17.2 Å². The van der Waals surface area contributed by atoms with Gasteiger partial charge in [0.25, 0.3) is 11.5 Å². The van der Waals surface area contributed by atoms with Crippen LogP contribution in [0.3, 0.4) is 0 Å². The summed E-state index contributed by atoms with van der Waals surface area (Å²) in [4.78, 5) is 32.3. The number of thiazole rings is 1. The molecule has 1 N–H and O–H groups in total. The molecule has 0 atom stereocenters. The third-order valence-corrected chi connectivity index (χ3v) is 3.52. The minimum absolute atomic E-state index is 0.153. The van der Waals surface area contributed by atoms with E-state index in [1.807, 2.05) is 12.3 Å². The zero-order valence-corrected chi connectivity index (χ0v) is 11.9. The maximum atomic E-state index is 12.2. The van der Waals surface area contributed by atoms with Gasteiger partial charge in [0.05, 0.1) is 17.2 Å². The summed E-state index contributed by atoms with van der Waals surface area (Å²) >= 11 is 1.54. The summed E-state index contributed by atoms with van der Waals surface area (Å²) in [6.45, 7) is 4.09. The molecule has 19 heavy (non-hydrogen) atoms. The van der Waals surface area contributed by atoms with Crippen molar-refractivity contribution in [2.45, 2.75) is 20.4 Å². The highest BCUT2D eigenvalue weighted by atomic mass is 32.1. The second kappa shape index (κ2) is 5.36. The molecular weight excluding hydrogens is 262 g/mol. The lowest BCUT2D eigenvalue weighted by atomic mass is 10.2. The number of aromatic amines is 1. The van der Waals surface area contributed by atoms with E-state index in [0.717, 1.165) is 16.4 Å². The van der Waals surface area contributed by atoms with E-state index in [0.29, 0.717) is 6.54 Å². The van der Waals surface area contributed by atoms with Crippen LogP contribution in [0, 0.1) is 13.8 Å². The molecule has 0 aliphatic heterocycles. The number of pyridine rings is 1. The Bertz CT molecular complexity index is 660. The van der Waals surface area contributed by atoms with E-state index in [9.17, 15) is 9.59 Å². The van der Waals surface area contributed by atoms with Gasteiger partial charge in [-0.25, -0.2) is 4.98 Å². The molecule has 0 aliphatic rings. The average molecular weight is 277 g/mol. The molecular formula is C13H15N3O2S. The minimum atomic E-state index is -0.355. The number of rotatable bonds is 3. The van der Waals surface area contributed by atoms with Crippen LogP contribution in [0.1, 0.15) is 26.8 Å². The number of aryl methyl sites for hydroxylation is 2. The topological polar surface area (TPSA) is 66.1 Å². The van der Waals surface area contributed by atoms with Gasteiger partial charge in [-0.15, -0.1) is 11.3 Å². The molecule has 0 unspecified atom stereocenters. The van der Waals surface area contributed by atoms with Gasteiger partial charge in [-0.05, 0) is 26.0 Å². The fraction of sp³-hybridized carbons (Fsp3) is 0.308. The summed E-state index contributed by atoms with van der Waals surface area (Å²) in [7, 11) is 1.66. The number of amides is 1. The molecule has 2 heterocycles. The SMILES string of the molecule is Cc1ccc(C(=O)N(C)Cc2csc(C)n2)c(=O)[nH]1. The van der Waals surface area contributed by atoms with Crippen molar-refractivity contribution in [1.82, 2.24) is 14.9 Å². The Morgan fingerprint density at radius 1 is 1.42 bits per heavy atom. The Labute approximate surface area is 114 Å². The molecule has 2 rings (SSSR count). The first kappa shape index (κ1) is 13.5. The van der Waals surface area contributed by atoms with Crippen LogP contribution < -0.4 is 5.56 Å². The molecule has 0 aromatic carbocycles. The van der Waals surface area contributed by atoms with Gasteiger partial charge < -0.3 is 9.88 Å². The van der Waals surface area contributed by atoms with E-state index in [1.54, 1.807) is 37.4 Å². The van der Waals surface area contributed by atoms with Gasteiger partial charge in [0.15, 0.2) is 0 Å². The summed E-state index contributed by atoms with van der Waals surface area (Å²) in [5.41, 5.74) is 1.37. The van der Waals surface area contributed by atoms with Crippen LogP contribution in [-0.4, -0.2) is 27.8 Å². The van der Waals surface area contributed by atoms with Gasteiger partial charge in [0.1, 0.15) is 5.56 Å². The van der Waals surface area contributed by atoms with Crippen molar-refractivity contribution in [3.63, 3.8) is 0 Å². The number of nitrogens with zero attached hydrogens (tertiary/aromatic N) is 2. The smallest absolute Gasteiger partial charge is 0.260 e. The maximum Gasteiger partial charge on any atom is 0.260 e. The summed E-state index contributed by atoms with van der Waals surface area (Å²) in [5, 5.41) is 2.88. The van der Waals surface area contributed by atoms with Crippen molar-refractivity contribution in [3.8, 4) is 0 Å². The van der Waals surface area contributed by atoms with Crippen molar-refractivity contribution in [2.24, 2.45) is 0 Å². The van der Waals surface area contributed by atoms with E-state index < -0.39 is 0 Å². The molecule has 0 saturated carbocycles. The normalized spacial score (nSPS) is 10.5. The zero-order chi connectivity index (χ0) is 14.0. The molecule has 0 bridgehead atoms. The Balaban J connectivity index is 2.17. The summed E-state index contributed by atoms with van der Waals surface area (Å²) in [6.07, 6.45) is 0. The molecule has 5 nitrogen and oxygen atoms in total. The number of carbonyl (C=O) groups is 1. The van der Waals surface area contributed by atoms with Gasteiger partial charge in [-0.3, -0.25) is 9.59 Å². The number of hydrogen-bond acceptors (Lipinski definition) is 4. The van der Waals surface area contributed by atoms with Crippen LogP contribution in [0.5, 0.6) is 0 Å². The highest BCUT2D eigenvalue weighted by molar-refractivity contribution is 7.09. The van der Waals surface area contributed by atoms with E-state index in [2.05, 4.69) is 9.97 Å². The molecule has 0 aliphatic carbocycles. The molecule has 0 radical (unpaired) electrons. The summed E-state index contributed by atoms with van der Waals surface area (Å²) < 4.78 is 0. The Kier molecular flexibility index (Phi) is 3.80. The quantitative estimate of drug-likeness (QED) is 0.929. The summed E-state index contributed by atoms with van der Waals surface area (Å²) in [5.74, 6) is -0.299. The number of hydrogen-bond donors (Lipinski definition) is 1. The van der Waals surface area contributed by atoms with Crippen LogP contribution in [0.2, 0.25) is 0 Å². The Morgan fingerprint density at radius 2 is 2.16 bits per heavy atom. The predicted molar refractivity (Wildman–Crippen MR) is 74.4 cm³/mol. The van der Waals surface area contributed by atoms with Crippen molar-refractivity contribution < 1.29 is 4.79 Å². The Hall–Kier alpha value is -1.95. The fourth-order valence-corrected chi connectivity index (χ4v) is 2.35. The Morgan fingerprint density at radius 3 is 2.74 bits per heavy atom. The highest BCUT2D eigenvalue weighted by Gasteiger charge is 2.16. The molecule has 1 amide bonds. The van der Waals surface area contributed by atoms with Gasteiger partial charge >= 0.3 is 0 Å². The molecule has 2 aromatic rings. The largest absolute Gasteiger partial charge is 0.336 e. The van der Waals surface area contributed by atoms with E-state index in [1.165, 1.54) is 4.90 Å². The second-order valence-corrected chi connectivity index (χ2v) is 5.47. The molecule has 6 heteroatoms.